The maximum Gasteiger partial charge on any atom is 0.327 e. The van der Waals surface area contributed by atoms with Crippen LogP contribution in [0.15, 0.2) is 18.2 Å². The molecule has 1 N–H and O–H groups in total. The minimum Gasteiger partial charge on any atom is -0.508 e. The first-order chi connectivity index (χ1) is 12.5. The molecule has 1 aromatic carbocycles. The van der Waals surface area contributed by atoms with Crippen LogP contribution in [0, 0.1) is 5.41 Å². The van der Waals surface area contributed by atoms with Gasteiger partial charge in [-0.1, -0.05) is 18.0 Å². The lowest BCUT2D eigenvalue weighted by Crippen LogP contribution is -2.68. The molecule has 2 aliphatic carbocycles. The summed E-state index contributed by atoms with van der Waals surface area (Å²) in [4.78, 5) is 28.4. The molecule has 2 atom stereocenters. The topological polar surface area (TPSA) is 70.1 Å². The molecule has 3 aliphatic rings. The molecule has 1 saturated heterocycles. The zero-order valence-corrected chi connectivity index (χ0v) is 15.5. The smallest absolute Gasteiger partial charge is 0.327 e. The Hall–Kier alpha value is -1.79. The third-order valence-corrected chi connectivity index (χ3v) is 6.42. The van der Waals surface area contributed by atoms with Crippen LogP contribution in [0.4, 0.5) is 4.79 Å². The second-order valence-electron chi connectivity index (χ2n) is 7.46. The van der Waals surface area contributed by atoms with E-state index in [1.165, 1.54) is 15.9 Å². The highest BCUT2D eigenvalue weighted by atomic mass is 35.5. The molecule has 3 amide bonds. The van der Waals surface area contributed by atoms with E-state index in [0.29, 0.717) is 17.2 Å². The Morgan fingerprint density at radius 2 is 2.12 bits per heavy atom. The number of nitrogens with zero attached hydrogens (tertiary/aromatic N) is 2. The van der Waals surface area contributed by atoms with Gasteiger partial charge in [0.15, 0.2) is 0 Å². The summed E-state index contributed by atoms with van der Waals surface area (Å²) in [5.74, 6) is -0.0913. The highest BCUT2D eigenvalue weighted by molar-refractivity contribution is 6.30. The molecule has 1 aliphatic heterocycles. The van der Waals surface area contributed by atoms with Crippen LogP contribution in [0.25, 0.3) is 0 Å². The standard InChI is InChI=1S/C19H23ClN2O4/c1-2-26-16-9-15(19(16)6-3-7-19)22-17(24)11-21(18(22)25)10-12-8-13(20)4-5-14(12)23/h4-5,8,15-16,23H,2-3,6-7,9-11H2,1H3. The van der Waals surface area contributed by atoms with Crippen molar-refractivity contribution in [3.8, 4) is 5.75 Å². The molecule has 2 saturated carbocycles. The lowest BCUT2D eigenvalue weighted by atomic mass is 9.50. The van der Waals surface area contributed by atoms with Crippen molar-refractivity contribution in [3.63, 3.8) is 0 Å². The maximum atomic E-state index is 12.9. The average Bonchev–Trinajstić information content (AvgIpc) is 2.80. The molecule has 3 fully saturated rings. The van der Waals surface area contributed by atoms with Gasteiger partial charge in [-0.05, 0) is 44.4 Å². The van der Waals surface area contributed by atoms with E-state index in [1.54, 1.807) is 12.1 Å². The molecular weight excluding hydrogens is 356 g/mol. The normalized spacial score (nSPS) is 27.0. The molecule has 6 nitrogen and oxygen atoms in total. The lowest BCUT2D eigenvalue weighted by molar-refractivity contribution is -0.195. The summed E-state index contributed by atoms with van der Waals surface area (Å²) in [6.45, 7) is 2.84. The van der Waals surface area contributed by atoms with Crippen LogP contribution in [-0.2, 0) is 16.1 Å². The van der Waals surface area contributed by atoms with Gasteiger partial charge in [-0.25, -0.2) is 4.79 Å². The van der Waals surface area contributed by atoms with Crippen molar-refractivity contribution in [2.24, 2.45) is 5.41 Å². The number of phenols is 1. The van der Waals surface area contributed by atoms with E-state index in [2.05, 4.69) is 0 Å². The summed E-state index contributed by atoms with van der Waals surface area (Å²) >= 11 is 5.98. The maximum absolute atomic E-state index is 12.9. The third-order valence-electron chi connectivity index (χ3n) is 6.18. The van der Waals surface area contributed by atoms with Gasteiger partial charge in [-0.2, -0.15) is 0 Å². The van der Waals surface area contributed by atoms with Gasteiger partial charge in [0.1, 0.15) is 12.3 Å². The van der Waals surface area contributed by atoms with Gasteiger partial charge in [-0.3, -0.25) is 9.69 Å². The SMILES string of the molecule is CCOC1CC(N2C(=O)CN(Cc3cc(Cl)ccc3O)C2=O)C12CCC2. The van der Waals surface area contributed by atoms with E-state index in [9.17, 15) is 14.7 Å². The number of hydrogen-bond acceptors (Lipinski definition) is 4. The minimum atomic E-state index is -0.277. The molecule has 1 heterocycles. The second-order valence-corrected chi connectivity index (χ2v) is 7.89. The molecule has 1 spiro atoms. The Kier molecular flexibility index (Phi) is 4.35. The fourth-order valence-corrected chi connectivity index (χ4v) is 4.84. The highest BCUT2D eigenvalue weighted by Crippen LogP contribution is 2.59. The molecule has 4 rings (SSSR count). The predicted octanol–water partition coefficient (Wildman–Crippen LogP) is 3.16. The van der Waals surface area contributed by atoms with Gasteiger partial charge in [0.2, 0.25) is 0 Å². The van der Waals surface area contributed by atoms with Crippen molar-refractivity contribution in [1.29, 1.82) is 0 Å². The largest absolute Gasteiger partial charge is 0.508 e. The van der Waals surface area contributed by atoms with Crippen LogP contribution in [0.2, 0.25) is 5.02 Å². The minimum absolute atomic E-state index is 0.0384. The van der Waals surface area contributed by atoms with Gasteiger partial charge in [0.05, 0.1) is 18.7 Å². The zero-order valence-electron chi connectivity index (χ0n) is 14.8. The molecule has 7 heteroatoms. The van der Waals surface area contributed by atoms with Crippen LogP contribution >= 0.6 is 11.6 Å². The van der Waals surface area contributed by atoms with E-state index in [1.807, 2.05) is 6.92 Å². The van der Waals surface area contributed by atoms with E-state index < -0.39 is 0 Å². The fourth-order valence-electron chi connectivity index (χ4n) is 4.65. The first kappa shape index (κ1) is 17.6. The van der Waals surface area contributed by atoms with Crippen molar-refractivity contribution in [2.45, 2.75) is 51.3 Å². The monoisotopic (exact) mass is 378 g/mol. The van der Waals surface area contributed by atoms with Crippen LogP contribution in [0.1, 0.15) is 38.2 Å². The summed E-state index contributed by atoms with van der Waals surface area (Å²) in [5, 5.41) is 10.5. The van der Waals surface area contributed by atoms with Crippen LogP contribution < -0.4 is 0 Å². The Morgan fingerprint density at radius 1 is 1.35 bits per heavy atom. The summed E-state index contributed by atoms with van der Waals surface area (Å²) in [7, 11) is 0. The number of carbonyl (C=O) groups excluding carboxylic acids is 2. The van der Waals surface area contributed by atoms with Crippen molar-refractivity contribution in [1.82, 2.24) is 9.80 Å². The lowest BCUT2D eigenvalue weighted by Gasteiger charge is -2.62. The van der Waals surface area contributed by atoms with Crippen molar-refractivity contribution in [3.05, 3.63) is 28.8 Å². The van der Waals surface area contributed by atoms with E-state index in [-0.39, 0.29) is 48.3 Å². The first-order valence-corrected chi connectivity index (χ1v) is 9.54. The van der Waals surface area contributed by atoms with Gasteiger partial charge in [0.25, 0.3) is 5.91 Å². The fraction of sp³-hybridized carbons (Fsp3) is 0.579. The van der Waals surface area contributed by atoms with Crippen LogP contribution in [0.5, 0.6) is 5.75 Å². The summed E-state index contributed by atoms with van der Waals surface area (Å²) in [6, 6.07) is 4.37. The summed E-state index contributed by atoms with van der Waals surface area (Å²) in [5.41, 5.74) is 0.495. The highest BCUT2D eigenvalue weighted by Gasteiger charge is 2.63. The van der Waals surface area contributed by atoms with Crippen LogP contribution in [-0.4, -0.2) is 52.1 Å². The number of ether oxygens (including phenoxy) is 1. The number of benzene rings is 1. The molecule has 0 bridgehead atoms. The number of rotatable bonds is 5. The Morgan fingerprint density at radius 3 is 2.77 bits per heavy atom. The van der Waals surface area contributed by atoms with Gasteiger partial charge < -0.3 is 14.7 Å². The number of halogens is 1. The predicted molar refractivity (Wildman–Crippen MR) is 95.9 cm³/mol. The zero-order chi connectivity index (χ0) is 18.5. The number of carbonyl (C=O) groups is 2. The van der Waals surface area contributed by atoms with Crippen molar-refractivity contribution in [2.75, 3.05) is 13.2 Å². The Bertz CT molecular complexity index is 749. The van der Waals surface area contributed by atoms with E-state index in [0.717, 1.165) is 25.7 Å². The number of hydrogen-bond donors (Lipinski definition) is 1. The molecule has 0 radical (unpaired) electrons. The molecule has 2 unspecified atom stereocenters. The second kappa shape index (κ2) is 6.43. The molecule has 26 heavy (non-hydrogen) atoms. The average molecular weight is 379 g/mol. The van der Waals surface area contributed by atoms with E-state index >= 15 is 0 Å². The number of aromatic hydroxyl groups is 1. The molecular formula is C19H23ClN2O4. The summed E-state index contributed by atoms with van der Waals surface area (Å²) in [6.07, 6.45) is 4.01. The quantitative estimate of drug-likeness (QED) is 0.799. The third kappa shape index (κ3) is 2.58. The number of urea groups is 1. The van der Waals surface area contributed by atoms with Crippen molar-refractivity contribution >= 4 is 23.5 Å². The molecule has 140 valence electrons. The van der Waals surface area contributed by atoms with Crippen molar-refractivity contribution < 1.29 is 19.4 Å². The van der Waals surface area contributed by atoms with E-state index in [4.69, 9.17) is 16.3 Å². The Balaban J connectivity index is 1.50. The number of amides is 3. The first-order valence-electron chi connectivity index (χ1n) is 9.16. The molecule has 1 aromatic rings. The number of imide groups is 1. The Labute approximate surface area is 157 Å². The summed E-state index contributed by atoms with van der Waals surface area (Å²) < 4.78 is 5.84. The van der Waals surface area contributed by atoms with Crippen LogP contribution in [0.3, 0.4) is 0 Å². The van der Waals surface area contributed by atoms with Gasteiger partial charge in [0, 0.05) is 22.6 Å². The number of phenolic OH excluding ortho intramolecular Hbond substituents is 1. The van der Waals surface area contributed by atoms with Gasteiger partial charge >= 0.3 is 6.03 Å². The van der Waals surface area contributed by atoms with Gasteiger partial charge in [-0.15, -0.1) is 0 Å². The molecule has 0 aromatic heterocycles.